The minimum Gasteiger partial charge on any atom is -0.491 e. The van der Waals surface area contributed by atoms with Crippen molar-refractivity contribution in [2.45, 2.75) is 25.7 Å². The molecule has 0 amide bonds. The fourth-order valence-electron chi connectivity index (χ4n) is 4.10. The molecule has 10 heteroatoms. The summed E-state index contributed by atoms with van der Waals surface area (Å²) in [5.74, 6) is 1.18. The van der Waals surface area contributed by atoms with Crippen LogP contribution in [0.2, 0.25) is 0 Å². The number of hydrogen-bond donors (Lipinski definition) is 0. The third-order valence-electron chi connectivity index (χ3n) is 6.33. The second kappa shape index (κ2) is 18.2. The molecule has 10 nitrogen and oxygen atoms in total. The highest BCUT2D eigenvalue weighted by Gasteiger charge is 2.32. The SMILES string of the molecule is COCCOCCOc1ccc(OC(=O)[C@H]2CC[C@H](C(=O)Oc3ccc(OCCOCCOC)cc3)CC2)cc1. The topological polar surface area (TPSA) is 108 Å². The molecule has 0 bridgehead atoms. The molecule has 0 heterocycles. The highest BCUT2D eigenvalue weighted by atomic mass is 16.6. The Morgan fingerprint density at radius 2 is 0.850 bits per heavy atom. The van der Waals surface area contributed by atoms with Crippen LogP contribution in [0.1, 0.15) is 25.7 Å². The van der Waals surface area contributed by atoms with E-state index in [9.17, 15) is 9.59 Å². The highest BCUT2D eigenvalue weighted by molar-refractivity contribution is 5.77. The maximum absolute atomic E-state index is 12.7. The number of carbonyl (C=O) groups is 2. The fraction of sp³-hybridized carbons (Fsp3) is 0.533. The van der Waals surface area contributed by atoms with Crippen LogP contribution in [0.3, 0.4) is 0 Å². The predicted molar refractivity (Wildman–Crippen MR) is 146 cm³/mol. The number of carbonyl (C=O) groups excluding carboxylic acids is 2. The second-order valence-electron chi connectivity index (χ2n) is 9.24. The van der Waals surface area contributed by atoms with Gasteiger partial charge in [0.1, 0.15) is 36.2 Å². The molecule has 0 aromatic heterocycles. The standard InChI is InChI=1S/C30H40O10/c1-33-15-17-35-19-21-37-25-7-11-27(12-8-25)39-29(31)23-3-5-24(6-4-23)30(32)40-28-13-9-26(10-14-28)38-22-20-36-18-16-34-2/h7-14,23-24H,3-6,15-22H2,1-2H3/t23-,24-. The molecule has 40 heavy (non-hydrogen) atoms. The van der Waals surface area contributed by atoms with Crippen LogP contribution >= 0.6 is 0 Å². The third-order valence-corrected chi connectivity index (χ3v) is 6.33. The molecule has 0 spiro atoms. The number of benzene rings is 2. The maximum Gasteiger partial charge on any atom is 0.314 e. The lowest BCUT2D eigenvalue weighted by atomic mass is 9.82. The quantitative estimate of drug-likeness (QED) is 0.150. The first-order valence-electron chi connectivity index (χ1n) is 13.6. The van der Waals surface area contributed by atoms with Crippen LogP contribution < -0.4 is 18.9 Å². The van der Waals surface area contributed by atoms with Crippen molar-refractivity contribution in [1.29, 1.82) is 0 Å². The van der Waals surface area contributed by atoms with Crippen LogP contribution in [-0.2, 0) is 28.5 Å². The van der Waals surface area contributed by atoms with E-state index in [1.54, 1.807) is 62.8 Å². The predicted octanol–water partition coefficient (Wildman–Crippen LogP) is 4.09. The molecular weight excluding hydrogens is 520 g/mol. The number of rotatable bonds is 18. The molecule has 0 atom stereocenters. The Bertz CT molecular complexity index is 903. The average Bonchev–Trinajstić information content (AvgIpc) is 2.98. The van der Waals surface area contributed by atoms with E-state index >= 15 is 0 Å². The van der Waals surface area contributed by atoms with Crippen molar-refractivity contribution in [2.75, 3.05) is 67.1 Å². The lowest BCUT2D eigenvalue weighted by Gasteiger charge is -2.25. The fourth-order valence-corrected chi connectivity index (χ4v) is 4.10. The first-order chi connectivity index (χ1) is 19.6. The Morgan fingerprint density at radius 1 is 0.525 bits per heavy atom. The Kier molecular flexibility index (Phi) is 14.3. The molecule has 1 saturated carbocycles. The monoisotopic (exact) mass is 560 g/mol. The second-order valence-corrected chi connectivity index (χ2v) is 9.24. The Labute approximate surface area is 235 Å². The molecule has 0 saturated heterocycles. The summed E-state index contributed by atoms with van der Waals surface area (Å²) in [4.78, 5) is 25.3. The zero-order chi connectivity index (χ0) is 28.4. The molecule has 1 aliphatic carbocycles. The first-order valence-corrected chi connectivity index (χ1v) is 13.6. The Hall–Kier alpha value is -3.18. The minimum absolute atomic E-state index is 0.251. The van der Waals surface area contributed by atoms with Gasteiger partial charge < -0.3 is 37.9 Å². The van der Waals surface area contributed by atoms with Crippen LogP contribution in [-0.4, -0.2) is 79.0 Å². The Morgan fingerprint density at radius 3 is 1.20 bits per heavy atom. The van der Waals surface area contributed by atoms with Crippen molar-refractivity contribution < 1.29 is 47.5 Å². The van der Waals surface area contributed by atoms with E-state index in [0.29, 0.717) is 102 Å². The molecule has 220 valence electrons. The summed E-state index contributed by atoms with van der Waals surface area (Å²) in [6, 6.07) is 13.8. The van der Waals surface area contributed by atoms with Gasteiger partial charge >= 0.3 is 11.9 Å². The van der Waals surface area contributed by atoms with Crippen LogP contribution in [0.15, 0.2) is 48.5 Å². The lowest BCUT2D eigenvalue weighted by molar-refractivity contribution is -0.145. The molecule has 0 N–H and O–H groups in total. The molecule has 0 aliphatic heterocycles. The molecule has 2 aromatic carbocycles. The van der Waals surface area contributed by atoms with Crippen molar-refractivity contribution in [3.63, 3.8) is 0 Å². The van der Waals surface area contributed by atoms with Gasteiger partial charge in [0.05, 0.1) is 51.5 Å². The Balaban J connectivity index is 1.32. The van der Waals surface area contributed by atoms with Gasteiger partial charge in [-0.25, -0.2) is 0 Å². The summed E-state index contributed by atoms with van der Waals surface area (Å²) in [5.41, 5.74) is 0. The van der Waals surface area contributed by atoms with Gasteiger partial charge in [-0.3, -0.25) is 9.59 Å². The van der Waals surface area contributed by atoms with E-state index in [4.69, 9.17) is 37.9 Å². The molecule has 0 unspecified atom stereocenters. The summed E-state index contributed by atoms with van der Waals surface area (Å²) >= 11 is 0. The van der Waals surface area contributed by atoms with Gasteiger partial charge in [0.2, 0.25) is 0 Å². The zero-order valence-electron chi connectivity index (χ0n) is 23.3. The number of ether oxygens (including phenoxy) is 8. The number of esters is 2. The van der Waals surface area contributed by atoms with Gasteiger partial charge in [-0.1, -0.05) is 0 Å². The number of hydrogen-bond acceptors (Lipinski definition) is 10. The summed E-state index contributed by atoms with van der Waals surface area (Å²) < 4.78 is 42.9. The molecule has 2 aromatic rings. The van der Waals surface area contributed by atoms with Crippen molar-refractivity contribution in [3.05, 3.63) is 48.5 Å². The van der Waals surface area contributed by atoms with Crippen molar-refractivity contribution in [1.82, 2.24) is 0 Å². The van der Waals surface area contributed by atoms with E-state index in [1.807, 2.05) is 0 Å². The summed E-state index contributed by atoms with van der Waals surface area (Å²) in [6.45, 7) is 3.90. The van der Waals surface area contributed by atoms with Crippen molar-refractivity contribution in [3.8, 4) is 23.0 Å². The normalized spacial score (nSPS) is 16.8. The van der Waals surface area contributed by atoms with E-state index in [-0.39, 0.29) is 23.8 Å². The van der Waals surface area contributed by atoms with E-state index < -0.39 is 0 Å². The minimum atomic E-state index is -0.285. The summed E-state index contributed by atoms with van der Waals surface area (Å²) in [7, 11) is 3.25. The van der Waals surface area contributed by atoms with Crippen LogP contribution in [0.25, 0.3) is 0 Å². The van der Waals surface area contributed by atoms with Gasteiger partial charge in [-0.05, 0) is 74.2 Å². The number of methoxy groups -OCH3 is 2. The molecular formula is C30H40O10. The average molecular weight is 561 g/mol. The summed E-state index contributed by atoms with van der Waals surface area (Å²) in [6.07, 6.45) is 2.29. The van der Waals surface area contributed by atoms with E-state index in [2.05, 4.69) is 0 Å². The molecule has 1 fully saturated rings. The lowest BCUT2D eigenvalue weighted by Crippen LogP contribution is -2.30. The van der Waals surface area contributed by atoms with Gasteiger partial charge in [0, 0.05) is 14.2 Å². The van der Waals surface area contributed by atoms with Gasteiger partial charge in [0.25, 0.3) is 0 Å². The highest BCUT2D eigenvalue weighted by Crippen LogP contribution is 2.32. The van der Waals surface area contributed by atoms with Gasteiger partial charge in [-0.2, -0.15) is 0 Å². The zero-order valence-corrected chi connectivity index (χ0v) is 23.3. The van der Waals surface area contributed by atoms with Crippen molar-refractivity contribution in [2.24, 2.45) is 11.8 Å². The molecule has 1 aliphatic rings. The maximum atomic E-state index is 12.7. The van der Waals surface area contributed by atoms with Crippen LogP contribution in [0.5, 0.6) is 23.0 Å². The molecule has 3 rings (SSSR count). The van der Waals surface area contributed by atoms with Gasteiger partial charge in [-0.15, -0.1) is 0 Å². The third kappa shape index (κ3) is 11.5. The van der Waals surface area contributed by atoms with Crippen LogP contribution in [0.4, 0.5) is 0 Å². The first kappa shape index (κ1) is 31.3. The van der Waals surface area contributed by atoms with E-state index in [0.717, 1.165) is 0 Å². The summed E-state index contributed by atoms with van der Waals surface area (Å²) in [5, 5.41) is 0. The molecule has 0 radical (unpaired) electrons. The van der Waals surface area contributed by atoms with E-state index in [1.165, 1.54) is 0 Å². The smallest absolute Gasteiger partial charge is 0.314 e. The largest absolute Gasteiger partial charge is 0.491 e. The van der Waals surface area contributed by atoms with Gasteiger partial charge in [0.15, 0.2) is 0 Å². The van der Waals surface area contributed by atoms with Crippen molar-refractivity contribution >= 4 is 11.9 Å². The van der Waals surface area contributed by atoms with Crippen LogP contribution in [0, 0.1) is 11.8 Å².